The van der Waals surface area contributed by atoms with Crippen molar-refractivity contribution >= 4 is 5.91 Å². The number of nitrogens with zero attached hydrogens (tertiary/aromatic N) is 2. The van der Waals surface area contributed by atoms with E-state index in [-0.39, 0.29) is 38.8 Å². The molecule has 1 aromatic rings. The number of pyridine rings is 1. The van der Waals surface area contributed by atoms with Crippen molar-refractivity contribution in [2.24, 2.45) is 5.73 Å². The number of carbonyl (C=O) groups excluding carboxylic acids is 1. The lowest BCUT2D eigenvalue weighted by molar-refractivity contribution is 0.0684. The van der Waals surface area contributed by atoms with Gasteiger partial charge in [-0.05, 0) is 6.07 Å². The van der Waals surface area contributed by atoms with Gasteiger partial charge in [0, 0.05) is 25.5 Å². The van der Waals surface area contributed by atoms with E-state index in [0.29, 0.717) is 11.1 Å². The lowest BCUT2D eigenvalue weighted by Crippen LogP contribution is -2.36. The van der Waals surface area contributed by atoms with Crippen LogP contribution in [-0.4, -0.2) is 58.9 Å². The highest BCUT2D eigenvalue weighted by atomic mass is 16.3. The molecule has 0 unspecified atom stereocenters. The molecule has 19 heavy (non-hydrogen) atoms. The molecule has 102 valence electrons. The molecular weight excluding hydrogens is 246 g/mol. The van der Waals surface area contributed by atoms with Crippen molar-refractivity contribution < 1.29 is 15.0 Å². The van der Waals surface area contributed by atoms with Crippen LogP contribution in [0.4, 0.5) is 0 Å². The fourth-order valence-corrected chi connectivity index (χ4v) is 1.55. The summed E-state index contributed by atoms with van der Waals surface area (Å²) >= 11 is 0. The minimum atomic E-state index is -0.299. The van der Waals surface area contributed by atoms with Gasteiger partial charge in [-0.25, -0.2) is 0 Å². The number of nitrogens with two attached hydrogens (primary N) is 1. The zero-order valence-electron chi connectivity index (χ0n) is 10.5. The van der Waals surface area contributed by atoms with Gasteiger partial charge < -0.3 is 20.8 Å². The van der Waals surface area contributed by atoms with Crippen LogP contribution in [0.25, 0.3) is 0 Å². The standard InChI is InChI=1S/C13H17N3O3/c14-4-1-2-11-10-15-5-3-12(11)13(19)16(6-8-17)7-9-18/h3,5,10,17-18H,4,6-9,14H2. The minimum Gasteiger partial charge on any atom is -0.395 e. The summed E-state index contributed by atoms with van der Waals surface area (Å²) in [6.07, 6.45) is 2.99. The maximum atomic E-state index is 12.3. The third-order valence-corrected chi connectivity index (χ3v) is 2.40. The summed E-state index contributed by atoms with van der Waals surface area (Å²) in [7, 11) is 0. The Bertz CT molecular complexity index is 474. The second-order valence-corrected chi connectivity index (χ2v) is 3.67. The number of rotatable bonds is 5. The first-order valence-electron chi connectivity index (χ1n) is 5.88. The van der Waals surface area contributed by atoms with Crippen molar-refractivity contribution in [3.63, 3.8) is 0 Å². The molecule has 1 amide bonds. The first-order chi connectivity index (χ1) is 9.24. The van der Waals surface area contributed by atoms with Crippen LogP contribution in [0.5, 0.6) is 0 Å². The Balaban J connectivity index is 3.03. The average molecular weight is 263 g/mol. The van der Waals surface area contributed by atoms with Crippen LogP contribution in [0, 0.1) is 11.8 Å². The van der Waals surface area contributed by atoms with E-state index in [9.17, 15) is 4.79 Å². The van der Waals surface area contributed by atoms with Crippen LogP contribution in [0.3, 0.4) is 0 Å². The van der Waals surface area contributed by atoms with Crippen LogP contribution in [0.2, 0.25) is 0 Å². The summed E-state index contributed by atoms with van der Waals surface area (Å²) in [5.41, 5.74) is 6.17. The van der Waals surface area contributed by atoms with Crippen LogP contribution in [0.15, 0.2) is 18.5 Å². The second-order valence-electron chi connectivity index (χ2n) is 3.67. The first-order valence-corrected chi connectivity index (χ1v) is 5.88. The predicted octanol–water partition coefficient (Wildman–Crippen LogP) is -1.18. The van der Waals surface area contributed by atoms with Crippen molar-refractivity contribution in [3.8, 4) is 11.8 Å². The van der Waals surface area contributed by atoms with Crippen LogP contribution < -0.4 is 5.73 Å². The Hall–Kier alpha value is -1.94. The molecule has 0 spiro atoms. The van der Waals surface area contributed by atoms with E-state index in [1.54, 1.807) is 6.07 Å². The monoisotopic (exact) mass is 263 g/mol. The molecule has 0 aliphatic carbocycles. The van der Waals surface area contributed by atoms with Gasteiger partial charge >= 0.3 is 0 Å². The zero-order chi connectivity index (χ0) is 14.1. The van der Waals surface area contributed by atoms with E-state index in [1.165, 1.54) is 17.3 Å². The normalized spacial score (nSPS) is 9.63. The van der Waals surface area contributed by atoms with Gasteiger partial charge in [0.1, 0.15) is 0 Å². The van der Waals surface area contributed by atoms with Crippen molar-refractivity contribution in [2.45, 2.75) is 0 Å². The highest BCUT2D eigenvalue weighted by molar-refractivity contribution is 5.96. The van der Waals surface area contributed by atoms with E-state index in [2.05, 4.69) is 16.8 Å². The Kier molecular flexibility index (Phi) is 6.53. The van der Waals surface area contributed by atoms with Crippen LogP contribution in [-0.2, 0) is 0 Å². The van der Waals surface area contributed by atoms with E-state index in [4.69, 9.17) is 15.9 Å². The molecule has 6 heteroatoms. The van der Waals surface area contributed by atoms with Crippen molar-refractivity contribution in [3.05, 3.63) is 29.6 Å². The van der Waals surface area contributed by atoms with E-state index >= 15 is 0 Å². The van der Waals surface area contributed by atoms with E-state index in [0.717, 1.165) is 0 Å². The quantitative estimate of drug-likeness (QED) is 0.581. The maximum Gasteiger partial charge on any atom is 0.255 e. The summed E-state index contributed by atoms with van der Waals surface area (Å²) in [5, 5.41) is 17.9. The Morgan fingerprint density at radius 2 is 2.05 bits per heavy atom. The van der Waals surface area contributed by atoms with E-state index < -0.39 is 0 Å². The van der Waals surface area contributed by atoms with Gasteiger partial charge in [-0.1, -0.05) is 11.8 Å². The zero-order valence-corrected chi connectivity index (χ0v) is 10.5. The number of hydrogen-bond acceptors (Lipinski definition) is 5. The molecule has 0 saturated carbocycles. The molecule has 1 rings (SSSR count). The average Bonchev–Trinajstić information content (AvgIpc) is 2.44. The smallest absolute Gasteiger partial charge is 0.255 e. The summed E-state index contributed by atoms with van der Waals surface area (Å²) in [4.78, 5) is 17.6. The molecular formula is C13H17N3O3. The van der Waals surface area contributed by atoms with Crippen LogP contribution >= 0.6 is 0 Å². The van der Waals surface area contributed by atoms with Crippen molar-refractivity contribution in [2.75, 3.05) is 32.8 Å². The molecule has 6 nitrogen and oxygen atoms in total. The van der Waals surface area contributed by atoms with Crippen molar-refractivity contribution in [1.29, 1.82) is 0 Å². The number of aliphatic hydroxyl groups is 2. The Morgan fingerprint density at radius 1 is 1.37 bits per heavy atom. The van der Waals surface area contributed by atoms with Gasteiger partial charge in [0.05, 0.1) is 30.9 Å². The van der Waals surface area contributed by atoms with Gasteiger partial charge in [-0.3, -0.25) is 9.78 Å². The molecule has 0 fully saturated rings. The topological polar surface area (TPSA) is 99.7 Å². The molecule has 0 atom stereocenters. The number of amides is 1. The molecule has 0 radical (unpaired) electrons. The fourth-order valence-electron chi connectivity index (χ4n) is 1.55. The molecule has 0 aliphatic rings. The van der Waals surface area contributed by atoms with Gasteiger partial charge in [-0.15, -0.1) is 0 Å². The first kappa shape index (κ1) is 15.1. The van der Waals surface area contributed by atoms with Gasteiger partial charge in [0.15, 0.2) is 0 Å². The molecule has 1 aromatic heterocycles. The highest BCUT2D eigenvalue weighted by Crippen LogP contribution is 2.09. The van der Waals surface area contributed by atoms with Gasteiger partial charge in [0.25, 0.3) is 5.91 Å². The van der Waals surface area contributed by atoms with Gasteiger partial charge in [0.2, 0.25) is 0 Å². The summed E-state index contributed by atoms with van der Waals surface area (Å²) in [5.74, 6) is 5.15. The fraction of sp³-hybridized carbons (Fsp3) is 0.385. The Labute approximate surface area is 111 Å². The summed E-state index contributed by atoms with van der Waals surface area (Å²) in [6.45, 7) is 0.178. The maximum absolute atomic E-state index is 12.3. The van der Waals surface area contributed by atoms with Crippen molar-refractivity contribution in [1.82, 2.24) is 9.88 Å². The second kappa shape index (κ2) is 8.21. The molecule has 0 aliphatic heterocycles. The lowest BCUT2D eigenvalue weighted by atomic mass is 10.1. The largest absolute Gasteiger partial charge is 0.395 e. The molecule has 1 heterocycles. The summed E-state index contributed by atoms with van der Waals surface area (Å²) < 4.78 is 0. The Morgan fingerprint density at radius 3 is 2.63 bits per heavy atom. The highest BCUT2D eigenvalue weighted by Gasteiger charge is 2.17. The number of aromatic nitrogens is 1. The third-order valence-electron chi connectivity index (χ3n) is 2.40. The SMILES string of the molecule is NCC#Cc1cnccc1C(=O)N(CCO)CCO. The number of carbonyl (C=O) groups is 1. The van der Waals surface area contributed by atoms with Crippen LogP contribution in [0.1, 0.15) is 15.9 Å². The molecule has 0 saturated heterocycles. The predicted molar refractivity (Wildman–Crippen MR) is 70.2 cm³/mol. The third kappa shape index (κ3) is 4.34. The molecule has 0 bridgehead atoms. The molecule has 0 aromatic carbocycles. The van der Waals surface area contributed by atoms with Gasteiger partial charge in [-0.2, -0.15) is 0 Å². The minimum absolute atomic E-state index is 0.158. The summed E-state index contributed by atoms with van der Waals surface area (Å²) in [6, 6.07) is 1.56. The van der Waals surface area contributed by atoms with E-state index in [1.807, 2.05) is 0 Å². The number of aliphatic hydroxyl groups excluding tert-OH is 2. The number of hydrogen-bond donors (Lipinski definition) is 3. The lowest BCUT2D eigenvalue weighted by Gasteiger charge is -2.21. The molecule has 4 N–H and O–H groups in total.